The Morgan fingerprint density at radius 1 is 1.03 bits per heavy atom. The molecule has 3 amide bonds. The number of aliphatic hydroxyl groups is 1. The van der Waals surface area contributed by atoms with Crippen LogP contribution in [0.25, 0.3) is 5.52 Å². The summed E-state index contributed by atoms with van der Waals surface area (Å²) in [4.78, 5) is 28.0. The van der Waals surface area contributed by atoms with Gasteiger partial charge >= 0.3 is 6.03 Å². The molecule has 2 N–H and O–H groups in total. The summed E-state index contributed by atoms with van der Waals surface area (Å²) in [6.07, 6.45) is 11.6. The molecule has 3 fully saturated rings. The Labute approximate surface area is 188 Å². The molecule has 2 aromatic rings. The number of fused-ring (bicyclic) bond motifs is 1. The van der Waals surface area contributed by atoms with E-state index in [1.165, 1.54) is 24.9 Å². The van der Waals surface area contributed by atoms with Crippen molar-refractivity contribution >= 4 is 23.1 Å². The van der Waals surface area contributed by atoms with Crippen LogP contribution in [0.15, 0.2) is 24.5 Å². The van der Waals surface area contributed by atoms with Crippen molar-refractivity contribution in [3.63, 3.8) is 0 Å². The largest absolute Gasteiger partial charge is 0.393 e. The van der Waals surface area contributed by atoms with Gasteiger partial charge in [-0.15, -0.1) is 0 Å². The highest BCUT2D eigenvalue weighted by molar-refractivity contribution is 6.07. The average molecular weight is 440 g/mol. The van der Waals surface area contributed by atoms with Crippen LogP contribution in [-0.4, -0.2) is 63.8 Å². The van der Waals surface area contributed by atoms with E-state index in [4.69, 9.17) is 0 Å². The predicted molar refractivity (Wildman–Crippen MR) is 122 cm³/mol. The number of hydrogen-bond acceptors (Lipinski definition) is 5. The molecule has 1 saturated carbocycles. The number of rotatable bonds is 5. The quantitative estimate of drug-likeness (QED) is 0.747. The second-order valence-electron chi connectivity index (χ2n) is 9.77. The number of imide groups is 1. The lowest BCUT2D eigenvalue weighted by atomic mass is 9.85. The molecule has 2 aliphatic heterocycles. The molecule has 172 valence electrons. The number of aromatic nitrogens is 2. The van der Waals surface area contributed by atoms with Crippen LogP contribution in [-0.2, 0) is 11.2 Å². The van der Waals surface area contributed by atoms with E-state index in [1.807, 2.05) is 6.20 Å². The van der Waals surface area contributed by atoms with E-state index in [0.29, 0.717) is 18.9 Å². The summed E-state index contributed by atoms with van der Waals surface area (Å²) < 4.78 is 1.80. The van der Waals surface area contributed by atoms with E-state index in [1.54, 1.807) is 15.6 Å². The van der Waals surface area contributed by atoms with E-state index in [9.17, 15) is 14.7 Å². The first kappa shape index (κ1) is 21.4. The fourth-order valence-corrected chi connectivity index (χ4v) is 5.54. The maximum atomic E-state index is 12.3. The minimum absolute atomic E-state index is 0.0718. The minimum Gasteiger partial charge on any atom is -0.393 e. The number of likely N-dealkylation sites (tertiary alicyclic amines) is 1. The molecule has 8 heteroatoms. The summed E-state index contributed by atoms with van der Waals surface area (Å²) in [6.45, 7) is 3.89. The van der Waals surface area contributed by atoms with Gasteiger partial charge in [0.1, 0.15) is 0 Å². The first-order valence-electron chi connectivity index (χ1n) is 12.0. The van der Waals surface area contributed by atoms with Crippen LogP contribution in [0.2, 0.25) is 0 Å². The third-order valence-electron chi connectivity index (χ3n) is 7.47. The lowest BCUT2D eigenvalue weighted by Crippen LogP contribution is -2.49. The zero-order valence-electron chi connectivity index (χ0n) is 18.6. The van der Waals surface area contributed by atoms with E-state index in [2.05, 4.69) is 27.4 Å². The van der Waals surface area contributed by atoms with Crippen molar-refractivity contribution in [2.45, 2.75) is 57.5 Å². The fraction of sp³-hybridized carbons (Fsp3) is 0.625. The maximum absolute atomic E-state index is 12.3. The summed E-state index contributed by atoms with van der Waals surface area (Å²) in [5.41, 5.74) is 2.93. The van der Waals surface area contributed by atoms with Crippen molar-refractivity contribution in [2.24, 2.45) is 11.8 Å². The molecule has 0 bridgehead atoms. The smallest absolute Gasteiger partial charge is 0.328 e. The van der Waals surface area contributed by atoms with Crippen LogP contribution in [0.3, 0.4) is 0 Å². The molecule has 0 unspecified atom stereocenters. The first-order chi connectivity index (χ1) is 15.5. The molecule has 0 radical (unpaired) electrons. The third kappa shape index (κ3) is 4.66. The monoisotopic (exact) mass is 439 g/mol. The highest BCUT2D eigenvalue weighted by Gasteiger charge is 2.27. The zero-order valence-corrected chi connectivity index (χ0v) is 18.6. The lowest BCUT2D eigenvalue weighted by molar-refractivity contribution is -0.120. The van der Waals surface area contributed by atoms with Crippen molar-refractivity contribution in [2.75, 3.05) is 31.1 Å². The van der Waals surface area contributed by atoms with E-state index < -0.39 is 0 Å². The number of aliphatic hydroxyl groups excluding tert-OH is 1. The van der Waals surface area contributed by atoms with Gasteiger partial charge in [0, 0.05) is 25.7 Å². The maximum Gasteiger partial charge on any atom is 0.328 e. The normalized spacial score (nSPS) is 26.0. The Bertz CT molecular complexity index is 973. The number of carbonyl (C=O) groups excluding carboxylic acids is 2. The van der Waals surface area contributed by atoms with Gasteiger partial charge in [-0.2, -0.15) is 5.10 Å². The van der Waals surface area contributed by atoms with Crippen LogP contribution >= 0.6 is 0 Å². The Morgan fingerprint density at radius 3 is 2.56 bits per heavy atom. The lowest BCUT2D eigenvalue weighted by Gasteiger charge is -2.36. The zero-order chi connectivity index (χ0) is 22.1. The van der Waals surface area contributed by atoms with Crippen molar-refractivity contribution < 1.29 is 14.7 Å². The van der Waals surface area contributed by atoms with Gasteiger partial charge in [-0.25, -0.2) is 9.31 Å². The van der Waals surface area contributed by atoms with Gasteiger partial charge < -0.3 is 10.0 Å². The number of amides is 3. The molecule has 2 saturated heterocycles. The standard InChI is InChI=1S/C24H33N5O3/c30-20-3-1-18(2-4-20)16-27-9-5-17(6-10-27)13-19-7-12-29-21(14-19)22(15-25-29)28-11-8-23(31)26-24(28)32/h7,12,14-15,17-18,20,30H,1-6,8-11,13,16H2,(H,26,31,32). The Hall–Kier alpha value is -2.45. The second kappa shape index (κ2) is 9.19. The van der Waals surface area contributed by atoms with E-state index in [0.717, 1.165) is 62.3 Å². The topological polar surface area (TPSA) is 90.2 Å². The Morgan fingerprint density at radius 2 is 1.81 bits per heavy atom. The second-order valence-corrected chi connectivity index (χ2v) is 9.77. The number of pyridine rings is 1. The van der Waals surface area contributed by atoms with Crippen LogP contribution in [0.1, 0.15) is 50.5 Å². The number of nitrogens with one attached hydrogen (secondary N) is 1. The minimum atomic E-state index is -0.374. The van der Waals surface area contributed by atoms with E-state index >= 15 is 0 Å². The molecule has 3 aliphatic rings. The van der Waals surface area contributed by atoms with Gasteiger partial charge in [0.15, 0.2) is 0 Å². The number of carbonyl (C=O) groups is 2. The van der Waals surface area contributed by atoms with Gasteiger partial charge in [0.05, 0.1) is 23.5 Å². The van der Waals surface area contributed by atoms with Crippen LogP contribution in [0, 0.1) is 11.8 Å². The Kier molecular flexibility index (Phi) is 6.15. The molecular weight excluding hydrogens is 406 g/mol. The molecule has 0 spiro atoms. The molecule has 5 rings (SSSR count). The molecule has 4 heterocycles. The number of nitrogens with zero attached hydrogens (tertiary/aromatic N) is 4. The van der Waals surface area contributed by atoms with Crippen LogP contribution < -0.4 is 10.2 Å². The SMILES string of the molecule is O=C1CCN(c2cnn3ccc(CC4CCN(CC5CCC(O)CC5)CC4)cc23)C(=O)N1. The summed E-state index contributed by atoms with van der Waals surface area (Å²) in [7, 11) is 0. The van der Waals surface area contributed by atoms with Gasteiger partial charge in [-0.1, -0.05) is 0 Å². The number of urea groups is 1. The van der Waals surface area contributed by atoms with Gasteiger partial charge in [-0.3, -0.25) is 15.0 Å². The van der Waals surface area contributed by atoms with Gasteiger partial charge in [0.2, 0.25) is 5.91 Å². The van der Waals surface area contributed by atoms with Gasteiger partial charge in [0.25, 0.3) is 0 Å². The average Bonchev–Trinajstić information content (AvgIpc) is 3.20. The molecule has 1 aliphatic carbocycles. The van der Waals surface area contributed by atoms with Crippen LogP contribution in [0.4, 0.5) is 10.5 Å². The number of piperidine rings is 1. The summed E-state index contributed by atoms with van der Waals surface area (Å²) in [5.74, 6) is 1.19. The summed E-state index contributed by atoms with van der Waals surface area (Å²) in [5, 5.41) is 16.5. The highest BCUT2D eigenvalue weighted by Crippen LogP contribution is 2.29. The van der Waals surface area contributed by atoms with Crippen molar-refractivity contribution in [3.05, 3.63) is 30.1 Å². The molecular formula is C24H33N5O3. The Balaban J connectivity index is 1.19. The predicted octanol–water partition coefficient (Wildman–Crippen LogP) is 2.59. The fourth-order valence-electron chi connectivity index (χ4n) is 5.54. The van der Waals surface area contributed by atoms with E-state index in [-0.39, 0.29) is 18.0 Å². The van der Waals surface area contributed by atoms with Crippen LogP contribution in [0.5, 0.6) is 0 Å². The number of hydrogen-bond donors (Lipinski definition) is 2. The molecule has 8 nitrogen and oxygen atoms in total. The van der Waals surface area contributed by atoms with Crippen molar-refractivity contribution in [1.29, 1.82) is 0 Å². The molecule has 32 heavy (non-hydrogen) atoms. The highest BCUT2D eigenvalue weighted by atomic mass is 16.3. The third-order valence-corrected chi connectivity index (χ3v) is 7.47. The molecule has 0 atom stereocenters. The first-order valence-corrected chi connectivity index (χ1v) is 12.0. The number of anilines is 1. The van der Waals surface area contributed by atoms with Gasteiger partial charge in [-0.05, 0) is 87.6 Å². The van der Waals surface area contributed by atoms with Crippen molar-refractivity contribution in [3.8, 4) is 0 Å². The molecule has 0 aromatic carbocycles. The summed E-state index contributed by atoms with van der Waals surface area (Å²) >= 11 is 0. The summed E-state index contributed by atoms with van der Waals surface area (Å²) in [6, 6.07) is 3.90. The molecule has 2 aromatic heterocycles. The van der Waals surface area contributed by atoms with Crippen molar-refractivity contribution in [1.82, 2.24) is 19.8 Å².